The Morgan fingerprint density at radius 3 is 2.60 bits per heavy atom. The van der Waals surface area contributed by atoms with Crippen LogP contribution in [0.2, 0.25) is 0 Å². The first-order chi connectivity index (χ1) is 11.9. The van der Waals surface area contributed by atoms with Crippen molar-refractivity contribution in [1.82, 2.24) is 9.62 Å². The lowest BCUT2D eigenvalue weighted by atomic mass is 10.1. The maximum Gasteiger partial charge on any atom is 0.306 e. The summed E-state index contributed by atoms with van der Waals surface area (Å²) in [6.45, 7) is 1.12. The van der Waals surface area contributed by atoms with Gasteiger partial charge in [0.25, 0.3) is 10.0 Å². The Labute approximate surface area is 151 Å². The molecule has 0 unspecified atom stereocenters. The summed E-state index contributed by atoms with van der Waals surface area (Å²) < 4.78 is 26.8. The lowest BCUT2D eigenvalue weighted by Crippen LogP contribution is -2.34. The number of amides is 1. The van der Waals surface area contributed by atoms with E-state index < -0.39 is 16.0 Å². The standard InChI is InChI=1S/C16H22N2O5S2/c19-14(17-12-4-3-11(9-12)16(20)21)10-13-5-6-15(24-13)25(22,23)18-7-1-2-8-18/h5-6,11-12H,1-4,7-10H2,(H,17,19)(H,20,21)/t11-,12+/m1/s1. The maximum atomic E-state index is 12.5. The average molecular weight is 386 g/mol. The number of hydrogen-bond acceptors (Lipinski definition) is 5. The highest BCUT2D eigenvalue weighted by Crippen LogP contribution is 2.28. The van der Waals surface area contributed by atoms with Crippen LogP contribution >= 0.6 is 11.3 Å². The minimum absolute atomic E-state index is 0.110. The number of sulfonamides is 1. The molecule has 2 aliphatic rings. The van der Waals surface area contributed by atoms with Crippen molar-refractivity contribution in [3.63, 3.8) is 0 Å². The molecule has 2 N–H and O–H groups in total. The van der Waals surface area contributed by atoms with Gasteiger partial charge in [-0.15, -0.1) is 11.3 Å². The molecule has 2 atom stereocenters. The van der Waals surface area contributed by atoms with Gasteiger partial charge in [0, 0.05) is 24.0 Å². The molecule has 0 radical (unpaired) electrons. The van der Waals surface area contributed by atoms with E-state index in [1.165, 1.54) is 4.31 Å². The molecule has 0 bridgehead atoms. The van der Waals surface area contributed by atoms with Crippen LogP contribution in [-0.2, 0) is 26.0 Å². The second-order valence-corrected chi connectivity index (χ2v) is 9.95. The lowest BCUT2D eigenvalue weighted by Gasteiger charge is -2.13. The number of aliphatic carboxylic acids is 1. The van der Waals surface area contributed by atoms with Crippen molar-refractivity contribution in [2.75, 3.05) is 13.1 Å². The third kappa shape index (κ3) is 4.21. The smallest absolute Gasteiger partial charge is 0.306 e. The van der Waals surface area contributed by atoms with Crippen molar-refractivity contribution in [3.8, 4) is 0 Å². The van der Waals surface area contributed by atoms with Gasteiger partial charge in [-0.25, -0.2) is 8.42 Å². The molecule has 2 fully saturated rings. The van der Waals surface area contributed by atoms with E-state index in [4.69, 9.17) is 5.11 Å². The van der Waals surface area contributed by atoms with Crippen molar-refractivity contribution < 1.29 is 23.1 Å². The molecular formula is C16H22N2O5S2. The molecule has 3 rings (SSSR count). The Morgan fingerprint density at radius 2 is 1.96 bits per heavy atom. The fourth-order valence-corrected chi connectivity index (χ4v) is 6.45. The first-order valence-electron chi connectivity index (χ1n) is 8.47. The van der Waals surface area contributed by atoms with Crippen molar-refractivity contribution in [2.24, 2.45) is 5.92 Å². The van der Waals surface area contributed by atoms with E-state index in [-0.39, 0.29) is 28.5 Å². The Hall–Kier alpha value is -1.45. The van der Waals surface area contributed by atoms with Crippen LogP contribution in [0.25, 0.3) is 0 Å². The summed E-state index contributed by atoms with van der Waals surface area (Å²) in [6.07, 6.45) is 3.60. The molecule has 7 nitrogen and oxygen atoms in total. The molecule has 1 amide bonds. The van der Waals surface area contributed by atoms with Crippen LogP contribution < -0.4 is 5.32 Å². The van der Waals surface area contributed by atoms with Gasteiger partial charge in [-0.05, 0) is 44.2 Å². The van der Waals surface area contributed by atoms with Crippen LogP contribution in [-0.4, -0.2) is 48.8 Å². The molecule has 2 heterocycles. The Kier molecular flexibility index (Phi) is 5.45. The Morgan fingerprint density at radius 1 is 1.24 bits per heavy atom. The van der Waals surface area contributed by atoms with Crippen molar-refractivity contribution in [3.05, 3.63) is 17.0 Å². The van der Waals surface area contributed by atoms with Gasteiger partial charge < -0.3 is 10.4 Å². The van der Waals surface area contributed by atoms with Crippen LogP contribution in [0.15, 0.2) is 16.3 Å². The Balaban J connectivity index is 1.56. The zero-order valence-corrected chi connectivity index (χ0v) is 15.4. The number of nitrogens with zero attached hydrogens (tertiary/aromatic N) is 1. The molecule has 1 aromatic heterocycles. The van der Waals surface area contributed by atoms with Gasteiger partial charge in [-0.3, -0.25) is 9.59 Å². The van der Waals surface area contributed by atoms with Crippen molar-refractivity contribution >= 4 is 33.2 Å². The third-order valence-electron chi connectivity index (χ3n) is 4.78. The number of carboxylic acids is 1. The van der Waals surface area contributed by atoms with Gasteiger partial charge in [0.2, 0.25) is 5.91 Å². The molecule has 0 aromatic carbocycles. The van der Waals surface area contributed by atoms with E-state index in [1.807, 2.05) is 0 Å². The molecule has 9 heteroatoms. The molecule has 138 valence electrons. The van der Waals surface area contributed by atoms with Crippen LogP contribution in [0.1, 0.15) is 37.0 Å². The van der Waals surface area contributed by atoms with Gasteiger partial charge in [-0.2, -0.15) is 4.31 Å². The first kappa shape index (κ1) is 18.3. The quantitative estimate of drug-likeness (QED) is 0.770. The van der Waals surface area contributed by atoms with Crippen molar-refractivity contribution in [1.29, 1.82) is 0 Å². The summed E-state index contributed by atoms with van der Waals surface area (Å²) in [5.74, 6) is -1.39. The zero-order chi connectivity index (χ0) is 18.0. The van der Waals surface area contributed by atoms with Crippen LogP contribution in [0.5, 0.6) is 0 Å². The second-order valence-electron chi connectivity index (χ2n) is 6.62. The largest absolute Gasteiger partial charge is 0.481 e. The van der Waals surface area contributed by atoms with E-state index in [1.54, 1.807) is 12.1 Å². The number of hydrogen-bond donors (Lipinski definition) is 2. The van der Waals surface area contributed by atoms with Gasteiger partial charge in [0.15, 0.2) is 0 Å². The molecule has 1 aliphatic heterocycles. The van der Waals surface area contributed by atoms with E-state index in [0.29, 0.717) is 37.2 Å². The number of thiophene rings is 1. The minimum atomic E-state index is -3.44. The number of carbonyl (C=O) groups is 2. The van der Waals surface area contributed by atoms with Gasteiger partial charge in [0.1, 0.15) is 4.21 Å². The number of rotatable bonds is 6. The monoisotopic (exact) mass is 386 g/mol. The van der Waals surface area contributed by atoms with Crippen LogP contribution in [0.4, 0.5) is 0 Å². The SMILES string of the molecule is O=C(Cc1ccc(S(=O)(=O)N2CCCC2)s1)N[C@H]1CC[C@@H](C(=O)O)C1. The van der Waals surface area contributed by atoms with Gasteiger partial charge in [0.05, 0.1) is 12.3 Å². The van der Waals surface area contributed by atoms with E-state index >= 15 is 0 Å². The summed E-state index contributed by atoms with van der Waals surface area (Å²) in [6, 6.07) is 3.14. The number of carboxylic acid groups (broad SMARTS) is 1. The zero-order valence-electron chi connectivity index (χ0n) is 13.8. The summed E-state index contributed by atoms with van der Waals surface area (Å²) in [4.78, 5) is 23.8. The molecule has 1 saturated carbocycles. The maximum absolute atomic E-state index is 12.5. The average Bonchev–Trinajstić information content (AvgIpc) is 3.28. The molecule has 1 saturated heterocycles. The van der Waals surface area contributed by atoms with E-state index in [0.717, 1.165) is 24.2 Å². The van der Waals surface area contributed by atoms with Gasteiger partial charge >= 0.3 is 5.97 Å². The summed E-state index contributed by atoms with van der Waals surface area (Å²) in [5, 5.41) is 11.9. The Bertz CT molecular complexity index is 752. The molecule has 1 aliphatic carbocycles. The predicted molar refractivity (Wildman–Crippen MR) is 92.9 cm³/mol. The topological polar surface area (TPSA) is 104 Å². The summed E-state index contributed by atoms with van der Waals surface area (Å²) in [7, 11) is -3.44. The summed E-state index contributed by atoms with van der Waals surface area (Å²) >= 11 is 1.13. The number of nitrogens with one attached hydrogen (secondary N) is 1. The highest BCUT2D eigenvalue weighted by atomic mass is 32.2. The highest BCUT2D eigenvalue weighted by Gasteiger charge is 2.31. The van der Waals surface area contributed by atoms with Crippen LogP contribution in [0.3, 0.4) is 0 Å². The van der Waals surface area contributed by atoms with E-state index in [9.17, 15) is 18.0 Å². The van der Waals surface area contributed by atoms with Gasteiger partial charge in [-0.1, -0.05) is 0 Å². The van der Waals surface area contributed by atoms with Crippen molar-refractivity contribution in [2.45, 2.75) is 48.8 Å². The second kappa shape index (κ2) is 7.43. The fraction of sp³-hybridized carbons (Fsp3) is 0.625. The summed E-state index contributed by atoms with van der Waals surface area (Å²) in [5.41, 5.74) is 0. The number of carbonyl (C=O) groups excluding carboxylic acids is 1. The predicted octanol–water partition coefficient (Wildman–Crippen LogP) is 1.44. The van der Waals surface area contributed by atoms with Crippen LogP contribution in [0, 0.1) is 5.92 Å². The molecular weight excluding hydrogens is 364 g/mol. The molecule has 0 spiro atoms. The molecule has 1 aromatic rings. The highest BCUT2D eigenvalue weighted by molar-refractivity contribution is 7.91. The van der Waals surface area contributed by atoms with E-state index in [2.05, 4.69) is 5.32 Å². The third-order valence-corrected chi connectivity index (χ3v) is 8.23. The fourth-order valence-electron chi connectivity index (χ4n) is 3.42. The molecule has 25 heavy (non-hydrogen) atoms. The minimum Gasteiger partial charge on any atom is -0.481 e. The lowest BCUT2D eigenvalue weighted by molar-refractivity contribution is -0.141. The normalized spacial score (nSPS) is 24.5. The first-order valence-corrected chi connectivity index (χ1v) is 10.7.